The third kappa shape index (κ3) is 15.9. The van der Waals surface area contributed by atoms with Crippen molar-refractivity contribution in [2.75, 3.05) is 0 Å². The Hall–Kier alpha value is 0.692. The third-order valence-corrected chi connectivity index (χ3v) is 0.694. The molecule has 0 heterocycles. The van der Waals surface area contributed by atoms with Crippen LogP contribution < -0.4 is 0 Å². The minimum absolute atomic E-state index is 0. The second-order valence-electron chi connectivity index (χ2n) is 0.471. The van der Waals surface area contributed by atoms with Crippen molar-refractivity contribution >= 4 is 22.3 Å². The molecule has 0 atom stereocenters. The van der Waals surface area contributed by atoms with Crippen LogP contribution in [-0.2, 0) is 31.5 Å². The van der Waals surface area contributed by atoms with Crippen LogP contribution >= 0.6 is 11.9 Å². The van der Waals surface area contributed by atoms with Crippen molar-refractivity contribution in [2.24, 2.45) is 0 Å². The summed E-state index contributed by atoms with van der Waals surface area (Å²) in [5.74, 6) is 0. The molecule has 0 unspecified atom stereocenters. The summed E-state index contributed by atoms with van der Waals surface area (Å²) >= 11 is 4.08. The van der Waals surface area contributed by atoms with E-state index in [4.69, 9.17) is 13.0 Å². The van der Waals surface area contributed by atoms with Gasteiger partial charge in [-0.05, 0) is 0 Å². The molecule has 0 aromatic rings. The van der Waals surface area contributed by atoms with Crippen LogP contribution in [0.2, 0.25) is 0 Å². The summed E-state index contributed by atoms with van der Waals surface area (Å²) in [7, 11) is -4.65. The van der Waals surface area contributed by atoms with E-state index in [0.29, 0.717) is 0 Å². The zero-order valence-electron chi connectivity index (χ0n) is 3.83. The van der Waals surface area contributed by atoms with Gasteiger partial charge in [0.1, 0.15) is 0 Å². The summed E-state index contributed by atoms with van der Waals surface area (Å²) in [6, 6.07) is 0. The Labute approximate surface area is 64.0 Å². The van der Waals surface area contributed by atoms with E-state index in [-0.39, 0.29) is 24.8 Å². The minimum atomic E-state index is -4.65. The van der Waals surface area contributed by atoms with Gasteiger partial charge in [0.2, 0.25) is 10.4 Å². The van der Waals surface area contributed by atoms with Gasteiger partial charge in [-0.1, -0.05) is 0 Å². The zero-order valence-corrected chi connectivity index (χ0v) is 6.67. The molecule has 50 valence electrons. The van der Waals surface area contributed by atoms with Gasteiger partial charge >= 0.3 is 17.4 Å². The molecule has 0 fully saturated rings. The standard InChI is InChI=1S/CH3.ClHO4S.Cr/c;1-5-6(2,3)4;/h1H3;(H,2,3,4);/q-1;;+2/p-1. The van der Waals surface area contributed by atoms with Crippen LogP contribution in [0.5, 0.6) is 0 Å². The van der Waals surface area contributed by atoms with Gasteiger partial charge in [-0.3, -0.25) is 0 Å². The molecular weight excluding hydrogens is 196 g/mol. The second kappa shape index (κ2) is 5.82. The maximum atomic E-state index is 9.09. The van der Waals surface area contributed by atoms with Gasteiger partial charge in [-0.25, -0.2) is 8.42 Å². The summed E-state index contributed by atoms with van der Waals surface area (Å²) in [6.07, 6.45) is 0. The van der Waals surface area contributed by atoms with Crippen LogP contribution in [0, 0.1) is 7.43 Å². The average Bonchev–Trinajstić information content (AvgIpc) is 1.35. The normalized spacial score (nSPS) is 8.75. The molecule has 0 aliphatic heterocycles. The second-order valence-corrected chi connectivity index (χ2v) is 1.79. The van der Waals surface area contributed by atoms with Gasteiger partial charge in [-0.2, -0.15) is 3.74 Å². The van der Waals surface area contributed by atoms with Crippen molar-refractivity contribution in [3.63, 3.8) is 0 Å². The zero-order chi connectivity index (χ0) is 5.21. The fourth-order valence-electron chi connectivity index (χ4n) is 0. The predicted octanol–water partition coefficient (Wildman–Crippen LogP) is 0.0648. The van der Waals surface area contributed by atoms with Crippen LogP contribution in [0.4, 0.5) is 0 Å². The molecule has 0 aromatic carbocycles. The first-order valence-corrected chi connectivity index (χ1v) is 2.46. The topological polar surface area (TPSA) is 66.4 Å². The van der Waals surface area contributed by atoms with Crippen molar-refractivity contribution in [3.05, 3.63) is 7.43 Å². The van der Waals surface area contributed by atoms with Crippen LogP contribution in [0.3, 0.4) is 0 Å². The van der Waals surface area contributed by atoms with Gasteiger partial charge in [-0.15, -0.1) is 0 Å². The Morgan fingerprint density at radius 1 is 1.50 bits per heavy atom. The third-order valence-electron chi connectivity index (χ3n) is 0.0772. The van der Waals surface area contributed by atoms with Crippen LogP contribution in [-0.4, -0.2) is 13.0 Å². The molecule has 0 spiro atoms. The Kier molecular flexibility index (Phi) is 11.6. The van der Waals surface area contributed by atoms with Gasteiger partial charge in [0.15, 0.2) is 0 Å². The summed E-state index contributed by atoms with van der Waals surface area (Å²) < 4.78 is 30.1. The van der Waals surface area contributed by atoms with Crippen molar-refractivity contribution in [1.29, 1.82) is 0 Å². The first-order valence-electron chi connectivity index (χ1n) is 0.821. The largest absolute Gasteiger partial charge is 2.00 e. The smallest absolute Gasteiger partial charge is 0.725 e. The molecule has 0 rings (SSSR count). The molecule has 0 radical (unpaired) electrons. The Bertz CT molecular complexity index is 118. The van der Waals surface area contributed by atoms with Gasteiger partial charge in [0.25, 0.3) is 0 Å². The van der Waals surface area contributed by atoms with E-state index in [1.165, 1.54) is 0 Å². The maximum absolute atomic E-state index is 9.09. The molecule has 0 aliphatic carbocycles. The molecule has 4 nitrogen and oxygen atoms in total. The van der Waals surface area contributed by atoms with E-state index < -0.39 is 10.4 Å². The molecule has 0 amide bonds. The summed E-state index contributed by atoms with van der Waals surface area (Å²) in [5.41, 5.74) is 0. The number of halogens is 1. The molecule has 0 aliphatic rings. The van der Waals surface area contributed by atoms with Gasteiger partial charge < -0.3 is 12.0 Å². The van der Waals surface area contributed by atoms with Crippen molar-refractivity contribution in [2.45, 2.75) is 0 Å². The molecule has 0 saturated carbocycles. The predicted molar refractivity (Wildman–Crippen MR) is 23.0 cm³/mol. The van der Waals surface area contributed by atoms with E-state index in [1.54, 1.807) is 0 Å². The Morgan fingerprint density at radius 3 is 1.62 bits per heavy atom. The average molecular weight is 199 g/mol. The fraction of sp³-hybridized carbons (Fsp3) is 0. The summed E-state index contributed by atoms with van der Waals surface area (Å²) in [4.78, 5) is 0. The van der Waals surface area contributed by atoms with Crippen molar-refractivity contribution in [3.8, 4) is 0 Å². The van der Waals surface area contributed by atoms with E-state index >= 15 is 0 Å². The number of hydrogen-bond acceptors (Lipinski definition) is 4. The van der Waals surface area contributed by atoms with Gasteiger partial charge in [0, 0.05) is 0 Å². The first kappa shape index (κ1) is 15.9. The SMILES string of the molecule is O=S(=O)([O-])OCl.[CH3-].[Cr+2]. The molecule has 0 saturated heterocycles. The fourth-order valence-corrected chi connectivity index (χ4v) is 0. The monoisotopic (exact) mass is 198 g/mol. The van der Waals surface area contributed by atoms with E-state index in [0.717, 1.165) is 0 Å². The van der Waals surface area contributed by atoms with Crippen LogP contribution in [0.15, 0.2) is 0 Å². The minimum Gasteiger partial charge on any atom is -0.725 e. The van der Waals surface area contributed by atoms with Crippen LogP contribution in [0.25, 0.3) is 0 Å². The van der Waals surface area contributed by atoms with Gasteiger partial charge in [0.05, 0.1) is 11.9 Å². The molecule has 8 heavy (non-hydrogen) atoms. The summed E-state index contributed by atoms with van der Waals surface area (Å²) in [5, 5.41) is 0. The van der Waals surface area contributed by atoms with E-state index in [1.807, 2.05) is 0 Å². The van der Waals surface area contributed by atoms with E-state index in [2.05, 4.69) is 15.6 Å². The Balaban J connectivity index is -0.000000125. The van der Waals surface area contributed by atoms with Crippen molar-refractivity contribution < 1.29 is 34.1 Å². The molecule has 0 bridgehead atoms. The molecular formula is CH3ClCrO4S. The number of rotatable bonds is 1. The molecule has 0 N–H and O–H groups in total. The number of hydrogen-bond donors (Lipinski definition) is 0. The molecule has 7 heteroatoms. The van der Waals surface area contributed by atoms with Crippen LogP contribution in [0.1, 0.15) is 0 Å². The summed E-state index contributed by atoms with van der Waals surface area (Å²) in [6.45, 7) is 0. The molecule has 0 aromatic heterocycles. The Morgan fingerprint density at radius 2 is 1.62 bits per heavy atom. The maximum Gasteiger partial charge on any atom is 2.00 e. The van der Waals surface area contributed by atoms with E-state index in [9.17, 15) is 0 Å². The first-order chi connectivity index (χ1) is 2.56. The quantitative estimate of drug-likeness (QED) is 0.340. The van der Waals surface area contributed by atoms with Crippen molar-refractivity contribution in [1.82, 2.24) is 0 Å².